The van der Waals surface area contributed by atoms with E-state index in [4.69, 9.17) is 23.2 Å². The highest BCUT2D eigenvalue weighted by molar-refractivity contribution is 7.87. The standard InChI is InChI=1S/C12H18Cl2O3S/c1-3-5-12(18(15,16)17)6-4-10(2)7-11(12,8-13)9-14/h4,6-7H,3,5,8-9H2,1-2H3,(H,15,16,17). The van der Waals surface area contributed by atoms with Crippen LogP contribution in [0.4, 0.5) is 0 Å². The van der Waals surface area contributed by atoms with Crippen LogP contribution in [0.5, 0.6) is 0 Å². The highest BCUT2D eigenvalue weighted by atomic mass is 35.5. The SMILES string of the molecule is CCCC1(S(=O)(=O)O)C=CC(C)=CC1(CCl)CCl. The lowest BCUT2D eigenvalue weighted by molar-refractivity contribution is 0.315. The average molecular weight is 313 g/mol. The van der Waals surface area contributed by atoms with E-state index >= 15 is 0 Å². The lowest BCUT2D eigenvalue weighted by Crippen LogP contribution is -2.55. The summed E-state index contributed by atoms with van der Waals surface area (Å²) in [6, 6.07) is 0. The molecule has 1 N–H and O–H groups in total. The third kappa shape index (κ3) is 2.36. The molecule has 1 aliphatic carbocycles. The second-order valence-corrected chi connectivity index (χ2v) is 6.97. The van der Waals surface area contributed by atoms with Crippen LogP contribution in [0, 0.1) is 5.41 Å². The van der Waals surface area contributed by atoms with Gasteiger partial charge < -0.3 is 0 Å². The maximum atomic E-state index is 11.9. The molecule has 0 fully saturated rings. The highest BCUT2D eigenvalue weighted by Gasteiger charge is 2.56. The zero-order chi connectivity index (χ0) is 14.0. The van der Waals surface area contributed by atoms with Gasteiger partial charge in [-0.25, -0.2) is 0 Å². The number of hydrogen-bond acceptors (Lipinski definition) is 2. The van der Waals surface area contributed by atoms with Crippen LogP contribution >= 0.6 is 23.2 Å². The molecule has 1 unspecified atom stereocenters. The van der Waals surface area contributed by atoms with Crippen LogP contribution in [0.15, 0.2) is 23.8 Å². The van der Waals surface area contributed by atoms with E-state index in [1.165, 1.54) is 6.08 Å². The lowest BCUT2D eigenvalue weighted by Gasteiger charge is -2.45. The molecule has 18 heavy (non-hydrogen) atoms. The number of rotatable bonds is 5. The van der Waals surface area contributed by atoms with E-state index in [0.717, 1.165) is 5.57 Å². The van der Waals surface area contributed by atoms with E-state index < -0.39 is 20.3 Å². The molecule has 0 aliphatic heterocycles. The zero-order valence-electron chi connectivity index (χ0n) is 10.5. The maximum absolute atomic E-state index is 11.9. The molecule has 3 nitrogen and oxygen atoms in total. The fraction of sp³-hybridized carbons (Fsp3) is 0.667. The van der Waals surface area contributed by atoms with Gasteiger partial charge in [-0.3, -0.25) is 4.55 Å². The van der Waals surface area contributed by atoms with Crippen LogP contribution in [0.3, 0.4) is 0 Å². The molecule has 0 saturated heterocycles. The largest absolute Gasteiger partial charge is 0.285 e. The summed E-state index contributed by atoms with van der Waals surface area (Å²) in [5.74, 6) is 0.0793. The Labute approximate surface area is 119 Å². The van der Waals surface area contributed by atoms with Gasteiger partial charge in [0.2, 0.25) is 0 Å². The van der Waals surface area contributed by atoms with Crippen molar-refractivity contribution in [1.29, 1.82) is 0 Å². The summed E-state index contributed by atoms with van der Waals surface area (Å²) in [6.07, 6.45) is 5.88. The minimum atomic E-state index is -4.31. The molecule has 1 rings (SSSR count). The Morgan fingerprint density at radius 2 is 1.89 bits per heavy atom. The van der Waals surface area contributed by atoms with Crippen molar-refractivity contribution in [3.8, 4) is 0 Å². The third-order valence-corrected chi connectivity index (χ3v) is 6.14. The quantitative estimate of drug-likeness (QED) is 0.625. The average Bonchev–Trinajstić information content (AvgIpc) is 2.30. The summed E-state index contributed by atoms with van der Waals surface area (Å²) >= 11 is 12.0. The van der Waals surface area contributed by atoms with Gasteiger partial charge in [-0.05, 0) is 13.3 Å². The summed E-state index contributed by atoms with van der Waals surface area (Å²) in [7, 11) is -4.31. The Morgan fingerprint density at radius 3 is 2.28 bits per heavy atom. The molecular weight excluding hydrogens is 295 g/mol. The maximum Gasteiger partial charge on any atom is 0.275 e. The first-order valence-corrected chi connectivity index (χ1v) is 8.27. The molecule has 104 valence electrons. The minimum Gasteiger partial charge on any atom is -0.285 e. The topological polar surface area (TPSA) is 54.4 Å². The van der Waals surface area contributed by atoms with Crippen LogP contribution in [-0.2, 0) is 10.1 Å². The predicted octanol–water partition coefficient (Wildman–Crippen LogP) is 3.39. The van der Waals surface area contributed by atoms with E-state index in [1.54, 1.807) is 12.2 Å². The van der Waals surface area contributed by atoms with E-state index in [0.29, 0.717) is 6.42 Å². The van der Waals surface area contributed by atoms with Crippen LogP contribution in [0.2, 0.25) is 0 Å². The summed E-state index contributed by atoms with van der Waals surface area (Å²) in [6.45, 7) is 3.71. The van der Waals surface area contributed by atoms with Crippen LogP contribution in [-0.4, -0.2) is 29.5 Å². The van der Waals surface area contributed by atoms with Gasteiger partial charge in [0.05, 0.1) is 0 Å². The van der Waals surface area contributed by atoms with E-state index in [9.17, 15) is 13.0 Å². The Bertz CT molecular complexity index is 464. The molecule has 0 heterocycles. The molecule has 0 bridgehead atoms. The fourth-order valence-corrected chi connectivity index (χ4v) is 5.05. The Kier molecular flexibility index (Phi) is 4.93. The molecule has 0 aromatic carbocycles. The van der Waals surface area contributed by atoms with Crippen molar-refractivity contribution >= 4 is 33.3 Å². The van der Waals surface area contributed by atoms with E-state index in [2.05, 4.69) is 0 Å². The van der Waals surface area contributed by atoms with Crippen molar-refractivity contribution in [3.05, 3.63) is 23.8 Å². The Morgan fingerprint density at radius 1 is 1.33 bits per heavy atom. The second kappa shape index (κ2) is 5.53. The third-order valence-electron chi connectivity index (χ3n) is 3.52. The molecule has 6 heteroatoms. The summed E-state index contributed by atoms with van der Waals surface area (Å²) in [5, 5.41) is 0. The van der Waals surface area contributed by atoms with Crippen molar-refractivity contribution in [2.75, 3.05) is 11.8 Å². The molecule has 0 aromatic heterocycles. The molecule has 0 spiro atoms. The van der Waals surface area contributed by atoms with Gasteiger partial charge in [0.15, 0.2) is 0 Å². The lowest BCUT2D eigenvalue weighted by atomic mass is 9.71. The van der Waals surface area contributed by atoms with Crippen molar-refractivity contribution in [2.24, 2.45) is 5.41 Å². The normalized spacial score (nSPS) is 27.1. The molecular formula is C12H18Cl2O3S. The Balaban J connectivity index is 3.54. The fourth-order valence-electron chi connectivity index (χ4n) is 2.55. The van der Waals surface area contributed by atoms with Gasteiger partial charge in [-0.1, -0.05) is 37.1 Å². The smallest absolute Gasteiger partial charge is 0.275 e. The number of alkyl halides is 2. The minimum absolute atomic E-state index is 0.0397. The zero-order valence-corrected chi connectivity index (χ0v) is 12.8. The summed E-state index contributed by atoms with van der Waals surface area (Å²) in [5.41, 5.74) is -0.0786. The summed E-state index contributed by atoms with van der Waals surface area (Å²) < 4.78 is 32.0. The number of halogens is 2. The number of allylic oxidation sites excluding steroid dienone is 3. The van der Waals surface area contributed by atoms with Crippen molar-refractivity contribution in [1.82, 2.24) is 0 Å². The monoisotopic (exact) mass is 312 g/mol. The molecule has 1 aliphatic rings. The van der Waals surface area contributed by atoms with Crippen molar-refractivity contribution < 1.29 is 13.0 Å². The molecule has 0 aromatic rings. The number of hydrogen-bond donors (Lipinski definition) is 1. The Hall–Kier alpha value is -0.0300. The van der Waals surface area contributed by atoms with Crippen LogP contribution in [0.1, 0.15) is 26.7 Å². The highest BCUT2D eigenvalue weighted by Crippen LogP contribution is 2.48. The van der Waals surface area contributed by atoms with Crippen molar-refractivity contribution in [3.63, 3.8) is 0 Å². The van der Waals surface area contributed by atoms with Gasteiger partial charge in [0.1, 0.15) is 4.75 Å². The van der Waals surface area contributed by atoms with Gasteiger partial charge in [-0.2, -0.15) is 8.42 Å². The summed E-state index contributed by atoms with van der Waals surface area (Å²) in [4.78, 5) is 0. The van der Waals surface area contributed by atoms with Gasteiger partial charge >= 0.3 is 0 Å². The first kappa shape index (κ1) is 16.0. The predicted molar refractivity (Wildman–Crippen MR) is 76.0 cm³/mol. The van der Waals surface area contributed by atoms with E-state index in [-0.39, 0.29) is 18.2 Å². The molecule has 1 atom stereocenters. The molecule has 0 saturated carbocycles. The first-order chi connectivity index (χ1) is 8.28. The van der Waals surface area contributed by atoms with Gasteiger partial charge in [0.25, 0.3) is 10.1 Å². The van der Waals surface area contributed by atoms with Gasteiger partial charge in [-0.15, -0.1) is 23.2 Å². The first-order valence-electron chi connectivity index (χ1n) is 5.76. The second-order valence-electron chi connectivity index (χ2n) is 4.76. The van der Waals surface area contributed by atoms with Gasteiger partial charge in [0, 0.05) is 17.2 Å². The van der Waals surface area contributed by atoms with Crippen LogP contribution in [0.25, 0.3) is 0 Å². The van der Waals surface area contributed by atoms with E-state index in [1.807, 2.05) is 13.8 Å². The van der Waals surface area contributed by atoms with Crippen LogP contribution < -0.4 is 0 Å². The molecule has 0 amide bonds. The molecule has 0 radical (unpaired) electrons. The van der Waals surface area contributed by atoms with Crippen molar-refractivity contribution in [2.45, 2.75) is 31.4 Å².